The van der Waals surface area contributed by atoms with Gasteiger partial charge in [0.15, 0.2) is 0 Å². The molecule has 1 saturated carbocycles. The summed E-state index contributed by atoms with van der Waals surface area (Å²) >= 11 is 12.0. The predicted molar refractivity (Wildman–Crippen MR) is 81.2 cm³/mol. The summed E-state index contributed by atoms with van der Waals surface area (Å²) in [6.45, 7) is 0.410. The minimum atomic E-state index is -0.390. The van der Waals surface area contributed by atoms with E-state index in [1.54, 1.807) is 18.0 Å². The van der Waals surface area contributed by atoms with Gasteiger partial charge in [-0.3, -0.25) is 4.79 Å². The number of halogens is 2. The first-order valence-electron chi connectivity index (χ1n) is 6.84. The molecule has 3 nitrogen and oxygen atoms in total. The average Bonchev–Trinajstić information content (AvgIpc) is 3.24. The maximum Gasteiger partial charge on any atom is 0.222 e. The van der Waals surface area contributed by atoms with E-state index < -0.39 is 6.10 Å². The van der Waals surface area contributed by atoms with Gasteiger partial charge in [-0.15, -0.1) is 0 Å². The second-order valence-corrected chi connectivity index (χ2v) is 6.18. The number of aryl methyl sites for hydroxylation is 1. The second kappa shape index (κ2) is 6.79. The second-order valence-electron chi connectivity index (χ2n) is 5.39. The number of carbonyl (C=O) groups excluding carboxylic acids is 1. The van der Waals surface area contributed by atoms with E-state index in [4.69, 9.17) is 23.2 Å². The molecule has 1 aliphatic carbocycles. The van der Waals surface area contributed by atoms with Crippen molar-refractivity contribution in [2.45, 2.75) is 31.8 Å². The van der Waals surface area contributed by atoms with Gasteiger partial charge in [0.05, 0.1) is 16.1 Å². The van der Waals surface area contributed by atoms with Gasteiger partial charge in [-0.1, -0.05) is 35.3 Å². The van der Waals surface area contributed by atoms with Crippen LogP contribution in [0.5, 0.6) is 0 Å². The van der Waals surface area contributed by atoms with Crippen LogP contribution in [0.25, 0.3) is 0 Å². The largest absolute Gasteiger partial charge is 0.391 e. The number of aliphatic hydroxyl groups excluding tert-OH is 1. The minimum absolute atomic E-state index is 0.0146. The Morgan fingerprint density at radius 1 is 1.45 bits per heavy atom. The SMILES string of the molecule is CN(CC(O)C1CC1)C(=O)CCc1cccc(Cl)c1Cl. The number of rotatable bonds is 6. The van der Waals surface area contributed by atoms with Crippen LogP contribution in [0.2, 0.25) is 10.0 Å². The molecule has 0 saturated heterocycles. The van der Waals surface area contributed by atoms with Gasteiger partial charge in [-0.25, -0.2) is 0 Å². The molecule has 1 aromatic rings. The Kier molecular flexibility index (Phi) is 5.30. The van der Waals surface area contributed by atoms with Crippen LogP contribution in [0.1, 0.15) is 24.8 Å². The molecule has 1 aromatic carbocycles. The predicted octanol–water partition coefficient (Wildman–Crippen LogP) is 3.16. The molecule has 5 heteroatoms. The number of benzene rings is 1. The number of hydrogen-bond acceptors (Lipinski definition) is 2. The Morgan fingerprint density at radius 2 is 2.15 bits per heavy atom. The van der Waals surface area contributed by atoms with Crippen LogP contribution < -0.4 is 0 Å². The van der Waals surface area contributed by atoms with E-state index in [0.29, 0.717) is 35.3 Å². The van der Waals surface area contributed by atoms with Crippen molar-refractivity contribution in [1.82, 2.24) is 4.90 Å². The number of hydrogen-bond donors (Lipinski definition) is 1. The monoisotopic (exact) mass is 315 g/mol. The third-order valence-electron chi connectivity index (χ3n) is 3.69. The van der Waals surface area contributed by atoms with Crippen LogP contribution in [-0.4, -0.2) is 35.6 Å². The lowest BCUT2D eigenvalue weighted by molar-refractivity contribution is -0.131. The first-order valence-corrected chi connectivity index (χ1v) is 7.59. The molecule has 0 heterocycles. The highest BCUT2D eigenvalue weighted by atomic mass is 35.5. The summed E-state index contributed by atoms with van der Waals surface area (Å²) in [5.74, 6) is 0.397. The van der Waals surface area contributed by atoms with Gasteiger partial charge >= 0.3 is 0 Å². The first kappa shape index (κ1) is 15.6. The van der Waals surface area contributed by atoms with Crippen molar-refractivity contribution in [2.24, 2.45) is 5.92 Å². The van der Waals surface area contributed by atoms with Crippen molar-refractivity contribution in [1.29, 1.82) is 0 Å². The quantitative estimate of drug-likeness (QED) is 0.876. The molecule has 0 spiro atoms. The molecule has 20 heavy (non-hydrogen) atoms. The molecule has 1 unspecified atom stereocenters. The fourth-order valence-corrected chi connectivity index (χ4v) is 2.60. The molecule has 1 atom stereocenters. The van der Waals surface area contributed by atoms with Crippen molar-refractivity contribution >= 4 is 29.1 Å². The molecule has 110 valence electrons. The van der Waals surface area contributed by atoms with Gasteiger partial charge < -0.3 is 10.0 Å². The summed E-state index contributed by atoms with van der Waals surface area (Å²) in [5, 5.41) is 10.9. The Bertz CT molecular complexity index is 489. The zero-order chi connectivity index (χ0) is 14.7. The molecule has 2 rings (SSSR count). The van der Waals surface area contributed by atoms with E-state index in [-0.39, 0.29) is 5.91 Å². The van der Waals surface area contributed by atoms with Crippen LogP contribution in [0, 0.1) is 5.92 Å². The number of aliphatic hydroxyl groups is 1. The highest BCUT2D eigenvalue weighted by Gasteiger charge is 2.31. The van der Waals surface area contributed by atoms with Gasteiger partial charge in [0.2, 0.25) is 5.91 Å². The topological polar surface area (TPSA) is 40.5 Å². The van der Waals surface area contributed by atoms with Crippen LogP contribution in [0.15, 0.2) is 18.2 Å². The van der Waals surface area contributed by atoms with Crippen molar-refractivity contribution < 1.29 is 9.90 Å². The van der Waals surface area contributed by atoms with E-state index in [1.165, 1.54) is 0 Å². The standard InChI is InChI=1S/C15H19Cl2NO2/c1-18(9-13(19)10-5-6-10)14(20)8-7-11-3-2-4-12(16)15(11)17/h2-4,10,13,19H,5-9H2,1H3. The van der Waals surface area contributed by atoms with E-state index in [2.05, 4.69) is 0 Å². The van der Waals surface area contributed by atoms with E-state index >= 15 is 0 Å². The number of likely N-dealkylation sites (N-methyl/N-ethyl adjacent to an activating group) is 1. The number of amides is 1. The molecule has 1 aliphatic rings. The molecule has 0 bridgehead atoms. The lowest BCUT2D eigenvalue weighted by atomic mass is 10.1. The highest BCUT2D eigenvalue weighted by Crippen LogP contribution is 2.32. The maximum atomic E-state index is 12.0. The van der Waals surface area contributed by atoms with E-state index in [0.717, 1.165) is 18.4 Å². The summed E-state index contributed by atoms with van der Waals surface area (Å²) in [5.41, 5.74) is 0.878. The summed E-state index contributed by atoms with van der Waals surface area (Å²) < 4.78 is 0. The van der Waals surface area contributed by atoms with E-state index in [9.17, 15) is 9.90 Å². The zero-order valence-electron chi connectivity index (χ0n) is 11.5. The first-order chi connectivity index (χ1) is 9.49. The smallest absolute Gasteiger partial charge is 0.222 e. The Labute approximate surface area is 129 Å². The molecule has 0 aromatic heterocycles. The third-order valence-corrected chi connectivity index (χ3v) is 4.55. The zero-order valence-corrected chi connectivity index (χ0v) is 13.0. The Balaban J connectivity index is 1.83. The van der Waals surface area contributed by atoms with Gasteiger partial charge in [-0.2, -0.15) is 0 Å². The van der Waals surface area contributed by atoms with E-state index in [1.807, 2.05) is 12.1 Å². The van der Waals surface area contributed by atoms with Crippen LogP contribution in [-0.2, 0) is 11.2 Å². The minimum Gasteiger partial charge on any atom is -0.391 e. The summed E-state index contributed by atoms with van der Waals surface area (Å²) in [6.07, 6.45) is 2.68. The lowest BCUT2D eigenvalue weighted by Gasteiger charge is -2.20. The number of nitrogens with zero attached hydrogens (tertiary/aromatic N) is 1. The van der Waals surface area contributed by atoms with Crippen LogP contribution in [0.3, 0.4) is 0 Å². The van der Waals surface area contributed by atoms with Crippen LogP contribution >= 0.6 is 23.2 Å². The maximum absolute atomic E-state index is 12.0. The molecule has 1 fully saturated rings. The third kappa shape index (κ3) is 4.11. The van der Waals surface area contributed by atoms with Crippen molar-refractivity contribution in [3.05, 3.63) is 33.8 Å². The van der Waals surface area contributed by atoms with Crippen molar-refractivity contribution in [3.63, 3.8) is 0 Å². The molecule has 0 aliphatic heterocycles. The molecular weight excluding hydrogens is 297 g/mol. The summed E-state index contributed by atoms with van der Waals surface area (Å²) in [7, 11) is 1.73. The van der Waals surface area contributed by atoms with Gasteiger partial charge in [0.25, 0.3) is 0 Å². The molecule has 0 radical (unpaired) electrons. The van der Waals surface area contributed by atoms with Gasteiger partial charge in [-0.05, 0) is 36.8 Å². The fraction of sp³-hybridized carbons (Fsp3) is 0.533. The lowest BCUT2D eigenvalue weighted by Crippen LogP contribution is -2.35. The fourth-order valence-electron chi connectivity index (χ4n) is 2.19. The Morgan fingerprint density at radius 3 is 2.80 bits per heavy atom. The molecular formula is C15H19Cl2NO2. The normalized spacial score (nSPS) is 16.0. The number of carbonyl (C=O) groups is 1. The Hall–Kier alpha value is -0.770. The summed E-state index contributed by atoms with van der Waals surface area (Å²) in [4.78, 5) is 13.6. The van der Waals surface area contributed by atoms with Crippen molar-refractivity contribution in [3.8, 4) is 0 Å². The molecule has 1 N–H and O–H groups in total. The van der Waals surface area contributed by atoms with Crippen molar-refractivity contribution in [2.75, 3.05) is 13.6 Å². The highest BCUT2D eigenvalue weighted by molar-refractivity contribution is 6.42. The van der Waals surface area contributed by atoms with Gasteiger partial charge in [0, 0.05) is 20.0 Å². The van der Waals surface area contributed by atoms with Crippen LogP contribution in [0.4, 0.5) is 0 Å². The molecule has 1 amide bonds. The summed E-state index contributed by atoms with van der Waals surface area (Å²) in [6, 6.07) is 5.43. The average molecular weight is 316 g/mol. The van der Waals surface area contributed by atoms with Gasteiger partial charge in [0.1, 0.15) is 0 Å².